The zero-order chi connectivity index (χ0) is 18.4. The van der Waals surface area contributed by atoms with E-state index >= 15 is 0 Å². The van der Waals surface area contributed by atoms with Crippen LogP contribution in [0.15, 0.2) is 12.1 Å². The molecule has 162 valence electrons. The highest BCUT2D eigenvalue weighted by atomic mass is 35.5. The van der Waals surface area contributed by atoms with Crippen LogP contribution in [0.5, 0.6) is 17.2 Å². The number of methoxy groups -OCH3 is 3. The van der Waals surface area contributed by atoms with Crippen molar-refractivity contribution in [2.24, 2.45) is 5.92 Å². The van der Waals surface area contributed by atoms with Gasteiger partial charge in [-0.2, -0.15) is 0 Å². The summed E-state index contributed by atoms with van der Waals surface area (Å²) in [6.45, 7) is 9.01. The van der Waals surface area contributed by atoms with Gasteiger partial charge in [0.05, 0.1) is 21.3 Å². The maximum Gasteiger partial charge on any atom is 0.203 e. The lowest BCUT2D eigenvalue weighted by atomic mass is 9.97. The number of ether oxygens (including phenoxy) is 3. The van der Waals surface area contributed by atoms with Crippen LogP contribution in [0.2, 0.25) is 0 Å². The first-order valence-corrected chi connectivity index (χ1v) is 9.68. The lowest BCUT2D eigenvalue weighted by Crippen LogP contribution is -2.48. The maximum absolute atomic E-state index is 5.63. The second kappa shape index (κ2) is 12.6. The summed E-state index contributed by atoms with van der Waals surface area (Å²) < 4.78 is 16.5. The Morgan fingerprint density at radius 3 is 2.04 bits per heavy atom. The van der Waals surface area contributed by atoms with Gasteiger partial charge in [-0.15, -0.1) is 24.8 Å². The van der Waals surface area contributed by atoms with E-state index in [-0.39, 0.29) is 24.8 Å². The molecule has 0 unspecified atom stereocenters. The monoisotopic (exact) mass is 435 g/mol. The zero-order valence-electron chi connectivity index (χ0n) is 17.2. The summed E-state index contributed by atoms with van der Waals surface area (Å²) in [5.74, 6) is 3.04. The lowest BCUT2D eigenvalue weighted by Gasteiger charge is -2.37. The molecule has 6 nitrogen and oxygen atoms in total. The third kappa shape index (κ3) is 6.29. The van der Waals surface area contributed by atoms with Crippen LogP contribution in [0.25, 0.3) is 0 Å². The van der Waals surface area contributed by atoms with Crippen LogP contribution in [-0.2, 0) is 6.54 Å². The van der Waals surface area contributed by atoms with Gasteiger partial charge in [-0.1, -0.05) is 6.07 Å². The largest absolute Gasteiger partial charge is 0.493 e. The van der Waals surface area contributed by atoms with Gasteiger partial charge in [-0.25, -0.2) is 0 Å². The molecule has 3 rings (SSSR count). The molecule has 0 aliphatic carbocycles. The van der Waals surface area contributed by atoms with Gasteiger partial charge in [0, 0.05) is 44.8 Å². The van der Waals surface area contributed by atoms with Crippen molar-refractivity contribution in [3.63, 3.8) is 0 Å². The van der Waals surface area contributed by atoms with Crippen molar-refractivity contribution in [3.8, 4) is 17.2 Å². The fourth-order valence-corrected chi connectivity index (χ4v) is 4.09. The number of rotatable bonds is 7. The van der Waals surface area contributed by atoms with Crippen LogP contribution in [0.4, 0.5) is 0 Å². The summed E-state index contributed by atoms with van der Waals surface area (Å²) in [6.07, 6.45) is 2.64. The van der Waals surface area contributed by atoms with Gasteiger partial charge >= 0.3 is 0 Å². The van der Waals surface area contributed by atoms with Crippen molar-refractivity contribution in [1.82, 2.24) is 15.1 Å². The summed E-state index contributed by atoms with van der Waals surface area (Å²) in [4.78, 5) is 5.14. The molecular weight excluding hydrogens is 401 g/mol. The number of hydrogen-bond donors (Lipinski definition) is 1. The molecule has 2 fully saturated rings. The van der Waals surface area contributed by atoms with Crippen LogP contribution in [-0.4, -0.2) is 76.9 Å². The molecule has 0 atom stereocenters. The highest BCUT2D eigenvalue weighted by Crippen LogP contribution is 2.40. The Morgan fingerprint density at radius 1 is 0.857 bits per heavy atom. The molecule has 2 saturated heterocycles. The first-order valence-electron chi connectivity index (χ1n) is 9.68. The normalized spacial score (nSPS) is 18.7. The van der Waals surface area contributed by atoms with Gasteiger partial charge in [-0.05, 0) is 37.9 Å². The molecule has 0 bridgehead atoms. The van der Waals surface area contributed by atoms with Gasteiger partial charge in [-0.3, -0.25) is 4.90 Å². The van der Waals surface area contributed by atoms with Crippen LogP contribution in [0.3, 0.4) is 0 Å². The Morgan fingerprint density at radius 2 is 1.46 bits per heavy atom. The molecule has 2 heterocycles. The average Bonchev–Trinajstić information content (AvgIpc) is 2.69. The maximum atomic E-state index is 5.63. The zero-order valence-corrected chi connectivity index (χ0v) is 18.9. The van der Waals surface area contributed by atoms with Crippen LogP contribution in [0, 0.1) is 5.92 Å². The minimum Gasteiger partial charge on any atom is -0.493 e. The molecule has 8 heteroatoms. The molecule has 0 spiro atoms. The van der Waals surface area contributed by atoms with Crippen molar-refractivity contribution in [3.05, 3.63) is 17.7 Å². The van der Waals surface area contributed by atoms with Crippen molar-refractivity contribution >= 4 is 24.8 Å². The molecular formula is C20H35Cl2N3O3. The summed E-state index contributed by atoms with van der Waals surface area (Å²) >= 11 is 0. The minimum absolute atomic E-state index is 0. The summed E-state index contributed by atoms with van der Waals surface area (Å²) in [5, 5.41) is 3.46. The molecule has 2 aliphatic heterocycles. The third-order valence-corrected chi connectivity index (χ3v) is 5.62. The molecule has 1 aromatic rings. The molecule has 1 N–H and O–H groups in total. The second-order valence-electron chi connectivity index (χ2n) is 7.26. The minimum atomic E-state index is 0. The van der Waals surface area contributed by atoms with E-state index in [4.69, 9.17) is 14.2 Å². The Hall–Kier alpha value is -0.920. The van der Waals surface area contributed by atoms with E-state index in [0.29, 0.717) is 11.5 Å². The van der Waals surface area contributed by atoms with E-state index in [2.05, 4.69) is 21.2 Å². The number of nitrogens with zero attached hydrogens (tertiary/aromatic N) is 2. The molecule has 28 heavy (non-hydrogen) atoms. The number of piperidine rings is 1. The van der Waals surface area contributed by atoms with Crippen molar-refractivity contribution in [2.45, 2.75) is 19.4 Å². The highest BCUT2D eigenvalue weighted by Gasteiger charge is 2.23. The van der Waals surface area contributed by atoms with Crippen LogP contribution < -0.4 is 19.5 Å². The highest BCUT2D eigenvalue weighted by molar-refractivity contribution is 5.85. The summed E-state index contributed by atoms with van der Waals surface area (Å²) in [5.41, 5.74) is 1.15. The molecule has 0 aromatic heterocycles. The van der Waals surface area contributed by atoms with E-state index in [9.17, 15) is 0 Å². The standard InChI is InChI=1S/C20H33N3O3.2ClH/c1-24-18-5-4-17(19(25-2)20(18)26-3)15-23-12-10-22(11-13-23)14-16-6-8-21-9-7-16;;/h4-5,16,21H,6-15H2,1-3H3;2*1H. The van der Waals surface area contributed by atoms with Crippen LogP contribution >= 0.6 is 24.8 Å². The first-order chi connectivity index (χ1) is 12.7. The molecule has 1 aromatic carbocycles. The van der Waals surface area contributed by atoms with Crippen LogP contribution in [0.1, 0.15) is 18.4 Å². The lowest BCUT2D eigenvalue weighted by molar-refractivity contribution is 0.106. The Kier molecular flexibility index (Phi) is 11.3. The van der Waals surface area contributed by atoms with Gasteiger partial charge in [0.25, 0.3) is 0 Å². The smallest absolute Gasteiger partial charge is 0.203 e. The Labute approximate surface area is 181 Å². The van der Waals surface area contributed by atoms with Gasteiger partial charge < -0.3 is 24.4 Å². The van der Waals surface area contributed by atoms with Gasteiger partial charge in [0.2, 0.25) is 5.75 Å². The third-order valence-electron chi connectivity index (χ3n) is 5.62. The summed E-state index contributed by atoms with van der Waals surface area (Å²) in [6, 6.07) is 4.05. The van der Waals surface area contributed by atoms with Gasteiger partial charge in [0.1, 0.15) is 0 Å². The van der Waals surface area contributed by atoms with E-state index in [1.807, 2.05) is 6.07 Å². The van der Waals surface area contributed by atoms with Gasteiger partial charge in [0.15, 0.2) is 11.5 Å². The fourth-order valence-electron chi connectivity index (χ4n) is 4.09. The van der Waals surface area contributed by atoms with E-state index in [1.165, 1.54) is 32.5 Å². The van der Waals surface area contributed by atoms with E-state index in [1.54, 1.807) is 21.3 Å². The second-order valence-corrected chi connectivity index (χ2v) is 7.26. The SMILES string of the molecule is COc1ccc(CN2CCN(CC3CCNCC3)CC2)c(OC)c1OC.Cl.Cl. The number of hydrogen-bond acceptors (Lipinski definition) is 6. The van der Waals surface area contributed by atoms with E-state index < -0.39 is 0 Å². The fraction of sp³-hybridized carbons (Fsp3) is 0.700. The summed E-state index contributed by atoms with van der Waals surface area (Å²) in [7, 11) is 5.00. The number of nitrogens with one attached hydrogen (secondary N) is 1. The van der Waals surface area contributed by atoms with Crippen molar-refractivity contribution < 1.29 is 14.2 Å². The Bertz CT molecular complexity index is 578. The quantitative estimate of drug-likeness (QED) is 0.709. The topological polar surface area (TPSA) is 46.2 Å². The first kappa shape index (κ1) is 25.1. The molecule has 0 saturated carbocycles. The predicted octanol–water partition coefficient (Wildman–Crippen LogP) is 2.67. The van der Waals surface area contributed by atoms with E-state index in [0.717, 1.165) is 50.0 Å². The molecule has 0 amide bonds. The molecule has 2 aliphatic rings. The number of piperazine rings is 1. The van der Waals surface area contributed by atoms with Crippen molar-refractivity contribution in [1.29, 1.82) is 0 Å². The predicted molar refractivity (Wildman–Crippen MR) is 118 cm³/mol. The number of benzene rings is 1. The van der Waals surface area contributed by atoms with Crippen molar-refractivity contribution in [2.75, 3.05) is 67.1 Å². The average molecular weight is 436 g/mol. The Balaban J connectivity index is 0.00000196. The number of halogens is 2. The molecule has 0 radical (unpaired) electrons.